The van der Waals surface area contributed by atoms with Gasteiger partial charge in [0.1, 0.15) is 22.8 Å². The van der Waals surface area contributed by atoms with Crippen molar-refractivity contribution in [2.45, 2.75) is 32.5 Å². The number of alkyl halides is 2. The molecule has 0 fully saturated rings. The van der Waals surface area contributed by atoms with Crippen LogP contribution in [0.15, 0.2) is 48.8 Å². The second-order valence-corrected chi connectivity index (χ2v) is 9.76. The summed E-state index contributed by atoms with van der Waals surface area (Å²) in [5.74, 6) is -0.978. The number of pyridine rings is 1. The van der Waals surface area contributed by atoms with E-state index in [9.17, 15) is 18.4 Å². The Morgan fingerprint density at radius 1 is 1.23 bits per heavy atom. The molecule has 0 unspecified atom stereocenters. The topological polar surface area (TPSA) is 106 Å². The average Bonchev–Trinajstić information content (AvgIpc) is 3.52. The molecule has 0 aliphatic carbocycles. The van der Waals surface area contributed by atoms with Crippen molar-refractivity contribution in [3.8, 4) is 16.9 Å². The Balaban J connectivity index is 1.39. The maximum Gasteiger partial charge on any atom is 0.387 e. The van der Waals surface area contributed by atoms with Gasteiger partial charge < -0.3 is 24.8 Å². The molecule has 1 aromatic carbocycles. The van der Waals surface area contributed by atoms with Gasteiger partial charge in [0.15, 0.2) is 0 Å². The standard InChI is InChI=1S/C27H29F2N7O3/c1-16-13-30-26(38)22-11-18-6-8-21(32-24(18)36(16)22)25(37)33-20-7-5-17(12-23(20)39-27(28)29)19-14-31-35(15-19)10-4-9-34(2)3/h5-8,11-12,14-16,27H,4,9-10,13H2,1-3H3,(H,30,38)(H,33,37)/t16-/m1/s1. The van der Waals surface area contributed by atoms with E-state index in [2.05, 4.69) is 25.6 Å². The Morgan fingerprint density at radius 2 is 2.05 bits per heavy atom. The van der Waals surface area contributed by atoms with Crippen LogP contribution in [0.5, 0.6) is 5.75 Å². The predicted octanol–water partition coefficient (Wildman–Crippen LogP) is 4.01. The number of carbonyl (C=O) groups is 2. The molecule has 0 saturated heterocycles. The highest BCUT2D eigenvalue weighted by Gasteiger charge is 2.26. The zero-order valence-corrected chi connectivity index (χ0v) is 21.8. The number of carbonyl (C=O) groups excluding carboxylic acids is 2. The molecule has 5 rings (SSSR count). The molecule has 0 radical (unpaired) electrons. The number of rotatable bonds is 9. The number of hydrogen-bond acceptors (Lipinski definition) is 6. The molecule has 10 nitrogen and oxygen atoms in total. The fourth-order valence-corrected chi connectivity index (χ4v) is 4.63. The van der Waals surface area contributed by atoms with Crippen LogP contribution in [0, 0.1) is 0 Å². The molecule has 0 bridgehead atoms. The van der Waals surface area contributed by atoms with Crippen LogP contribution in [-0.4, -0.2) is 69.8 Å². The van der Waals surface area contributed by atoms with E-state index < -0.39 is 12.5 Å². The Morgan fingerprint density at radius 3 is 2.82 bits per heavy atom. The molecule has 39 heavy (non-hydrogen) atoms. The van der Waals surface area contributed by atoms with Crippen LogP contribution >= 0.6 is 0 Å². The number of nitrogens with zero attached hydrogens (tertiary/aromatic N) is 5. The summed E-state index contributed by atoms with van der Waals surface area (Å²) in [5.41, 5.74) is 2.48. The van der Waals surface area contributed by atoms with Crippen molar-refractivity contribution < 1.29 is 23.1 Å². The van der Waals surface area contributed by atoms with Crippen molar-refractivity contribution in [3.05, 3.63) is 60.2 Å². The molecule has 12 heteroatoms. The number of fused-ring (bicyclic) bond motifs is 3. The summed E-state index contributed by atoms with van der Waals surface area (Å²) in [6.07, 6.45) is 4.42. The normalized spacial score (nSPS) is 15.1. The SMILES string of the molecule is C[C@@H]1CNC(=O)c2cc3ccc(C(=O)Nc4ccc(-c5cnn(CCCN(C)C)c5)cc4OC(F)F)nc3n21. The number of ether oxygens (including phenoxy) is 1. The molecule has 0 spiro atoms. The van der Waals surface area contributed by atoms with Crippen LogP contribution in [0.3, 0.4) is 0 Å². The molecule has 1 aliphatic rings. The van der Waals surface area contributed by atoms with Gasteiger partial charge in [-0.1, -0.05) is 6.07 Å². The number of anilines is 1. The first-order valence-electron chi connectivity index (χ1n) is 12.6. The first-order chi connectivity index (χ1) is 18.7. The minimum atomic E-state index is -3.08. The van der Waals surface area contributed by atoms with E-state index in [1.54, 1.807) is 33.6 Å². The summed E-state index contributed by atoms with van der Waals surface area (Å²) in [5, 5.41) is 10.5. The summed E-state index contributed by atoms with van der Waals surface area (Å²) in [6, 6.07) is 9.58. The third kappa shape index (κ3) is 5.60. The third-order valence-corrected chi connectivity index (χ3v) is 6.55. The van der Waals surface area contributed by atoms with E-state index >= 15 is 0 Å². The van der Waals surface area contributed by atoms with Crippen molar-refractivity contribution in [1.82, 2.24) is 29.5 Å². The summed E-state index contributed by atoms with van der Waals surface area (Å²) in [7, 11) is 4.00. The average molecular weight is 538 g/mol. The number of halogens is 2. The molecule has 0 saturated carbocycles. The monoisotopic (exact) mass is 537 g/mol. The maximum absolute atomic E-state index is 13.3. The Kier molecular flexibility index (Phi) is 7.29. The number of amides is 2. The first kappa shape index (κ1) is 26.3. The van der Waals surface area contributed by atoms with E-state index in [0.717, 1.165) is 30.5 Å². The molecule has 3 aromatic heterocycles. The molecule has 2 N–H and O–H groups in total. The summed E-state index contributed by atoms with van der Waals surface area (Å²) in [4.78, 5) is 32.0. The second-order valence-electron chi connectivity index (χ2n) is 9.76. The van der Waals surface area contributed by atoms with E-state index in [1.807, 2.05) is 27.2 Å². The lowest BCUT2D eigenvalue weighted by Gasteiger charge is -2.23. The Labute approximate surface area is 223 Å². The van der Waals surface area contributed by atoms with Gasteiger partial charge in [0, 0.05) is 30.2 Å². The Bertz CT molecular complexity index is 1530. The number of benzene rings is 1. The van der Waals surface area contributed by atoms with Crippen LogP contribution in [0.4, 0.5) is 14.5 Å². The van der Waals surface area contributed by atoms with Crippen LogP contribution in [-0.2, 0) is 6.54 Å². The molecule has 4 aromatic rings. The highest BCUT2D eigenvalue weighted by atomic mass is 19.3. The lowest BCUT2D eigenvalue weighted by Crippen LogP contribution is -2.37. The molecular formula is C27H29F2N7O3. The van der Waals surface area contributed by atoms with Crippen LogP contribution < -0.4 is 15.4 Å². The van der Waals surface area contributed by atoms with Gasteiger partial charge in [-0.05, 0) is 69.9 Å². The first-order valence-corrected chi connectivity index (χ1v) is 12.6. The van der Waals surface area contributed by atoms with Gasteiger partial charge >= 0.3 is 6.61 Å². The van der Waals surface area contributed by atoms with Crippen molar-refractivity contribution >= 4 is 28.5 Å². The Hall–Kier alpha value is -4.32. The van der Waals surface area contributed by atoms with E-state index in [1.165, 1.54) is 18.2 Å². The molecule has 4 heterocycles. The smallest absolute Gasteiger partial charge is 0.387 e. The number of aryl methyl sites for hydroxylation is 1. The van der Waals surface area contributed by atoms with E-state index in [4.69, 9.17) is 4.74 Å². The summed E-state index contributed by atoms with van der Waals surface area (Å²) < 4.78 is 34.9. The number of aromatic nitrogens is 4. The van der Waals surface area contributed by atoms with Gasteiger partial charge in [0.05, 0.1) is 17.9 Å². The van der Waals surface area contributed by atoms with Gasteiger partial charge in [-0.25, -0.2) is 4.98 Å². The van der Waals surface area contributed by atoms with E-state index in [-0.39, 0.29) is 29.1 Å². The minimum absolute atomic E-state index is 0.0445. The highest BCUT2D eigenvalue weighted by Crippen LogP contribution is 2.33. The lowest BCUT2D eigenvalue weighted by atomic mass is 10.1. The van der Waals surface area contributed by atoms with Gasteiger partial charge in [-0.2, -0.15) is 13.9 Å². The van der Waals surface area contributed by atoms with Gasteiger partial charge in [0.25, 0.3) is 11.8 Å². The van der Waals surface area contributed by atoms with Crippen LogP contribution in [0.1, 0.15) is 40.4 Å². The molecule has 204 valence electrons. The molecule has 1 aliphatic heterocycles. The fraction of sp³-hybridized carbons (Fsp3) is 0.333. The zero-order valence-electron chi connectivity index (χ0n) is 21.8. The van der Waals surface area contributed by atoms with Crippen LogP contribution in [0.2, 0.25) is 0 Å². The summed E-state index contributed by atoms with van der Waals surface area (Å²) >= 11 is 0. The molecular weight excluding hydrogens is 508 g/mol. The van der Waals surface area contributed by atoms with Crippen molar-refractivity contribution in [1.29, 1.82) is 0 Å². The van der Waals surface area contributed by atoms with E-state index in [0.29, 0.717) is 23.4 Å². The van der Waals surface area contributed by atoms with Gasteiger partial charge in [-0.15, -0.1) is 0 Å². The van der Waals surface area contributed by atoms with Gasteiger partial charge in [0.2, 0.25) is 0 Å². The number of nitrogens with one attached hydrogen (secondary N) is 2. The summed E-state index contributed by atoms with van der Waals surface area (Å²) in [6.45, 7) is 0.944. The lowest BCUT2D eigenvalue weighted by molar-refractivity contribution is -0.0493. The number of hydrogen-bond donors (Lipinski definition) is 2. The quantitative estimate of drug-likeness (QED) is 0.334. The largest absolute Gasteiger partial charge is 0.433 e. The third-order valence-electron chi connectivity index (χ3n) is 6.55. The van der Waals surface area contributed by atoms with Crippen molar-refractivity contribution in [3.63, 3.8) is 0 Å². The predicted molar refractivity (Wildman–Crippen MR) is 142 cm³/mol. The minimum Gasteiger partial charge on any atom is -0.433 e. The molecule has 2 amide bonds. The molecule has 1 atom stereocenters. The zero-order chi connectivity index (χ0) is 27.7. The van der Waals surface area contributed by atoms with Gasteiger partial charge in [-0.3, -0.25) is 14.3 Å². The highest BCUT2D eigenvalue weighted by molar-refractivity contribution is 6.05. The fourth-order valence-electron chi connectivity index (χ4n) is 4.63. The van der Waals surface area contributed by atoms with Crippen molar-refractivity contribution in [2.75, 3.05) is 32.5 Å². The van der Waals surface area contributed by atoms with Crippen LogP contribution in [0.25, 0.3) is 22.2 Å². The second kappa shape index (κ2) is 10.8. The maximum atomic E-state index is 13.3. The van der Waals surface area contributed by atoms with Crippen molar-refractivity contribution in [2.24, 2.45) is 0 Å².